The Balaban J connectivity index is 0.00000320. The van der Waals surface area contributed by atoms with Crippen LogP contribution in [0, 0.1) is 0 Å². The third-order valence-electron chi connectivity index (χ3n) is 5.82. The molecular weight excluding hydrogens is 513 g/mol. The van der Waals surface area contributed by atoms with Gasteiger partial charge in [0.1, 0.15) is 0 Å². The largest absolute Gasteiger partial charge is 0.357 e. The Hall–Kier alpha value is -1.06. The predicted octanol–water partition coefficient (Wildman–Crippen LogP) is 3.09. The molecule has 6 nitrogen and oxygen atoms in total. The van der Waals surface area contributed by atoms with Crippen LogP contribution in [0.15, 0.2) is 29.3 Å². The number of nitrogens with zero attached hydrogens (tertiary/aromatic N) is 4. The number of piperazine rings is 1. The summed E-state index contributed by atoms with van der Waals surface area (Å²) in [6.07, 6.45) is 3.16. The van der Waals surface area contributed by atoms with Crippen LogP contribution < -0.4 is 5.32 Å². The van der Waals surface area contributed by atoms with Crippen LogP contribution in [0.4, 0.5) is 0 Å². The quantitative estimate of drug-likeness (QED) is 0.338. The lowest BCUT2D eigenvalue weighted by Gasteiger charge is -2.39. The highest BCUT2D eigenvalue weighted by Gasteiger charge is 2.30. The van der Waals surface area contributed by atoms with E-state index in [2.05, 4.69) is 35.0 Å². The molecule has 1 N–H and O–H groups in total. The first-order valence-electron chi connectivity index (χ1n) is 10.9. The summed E-state index contributed by atoms with van der Waals surface area (Å²) in [5, 5.41) is 4.19. The van der Waals surface area contributed by atoms with Crippen molar-refractivity contribution in [1.82, 2.24) is 20.0 Å². The molecule has 0 aliphatic carbocycles. The van der Waals surface area contributed by atoms with Crippen molar-refractivity contribution in [2.45, 2.75) is 39.2 Å². The van der Waals surface area contributed by atoms with Gasteiger partial charge in [-0.2, -0.15) is 0 Å². The van der Waals surface area contributed by atoms with Crippen molar-refractivity contribution in [3.05, 3.63) is 34.9 Å². The number of likely N-dealkylation sites (tertiary alicyclic amines) is 1. The van der Waals surface area contributed by atoms with Crippen LogP contribution in [0.2, 0.25) is 5.02 Å². The Morgan fingerprint density at radius 3 is 2.47 bits per heavy atom. The number of hydrogen-bond donors (Lipinski definition) is 1. The average molecular weight is 548 g/mol. The van der Waals surface area contributed by atoms with Crippen LogP contribution in [0.3, 0.4) is 0 Å². The van der Waals surface area contributed by atoms with Crippen LogP contribution >= 0.6 is 35.6 Å². The molecule has 1 aromatic rings. The van der Waals surface area contributed by atoms with E-state index in [-0.39, 0.29) is 35.9 Å². The Bertz CT molecular complexity index is 703. The molecule has 1 atom stereocenters. The van der Waals surface area contributed by atoms with Crippen molar-refractivity contribution in [2.24, 2.45) is 4.99 Å². The molecule has 2 heterocycles. The fraction of sp³-hybridized carbons (Fsp3) is 0.636. The average Bonchev–Trinajstić information content (AvgIpc) is 3.27. The Morgan fingerprint density at radius 2 is 1.83 bits per heavy atom. The first-order valence-corrected chi connectivity index (χ1v) is 11.3. The van der Waals surface area contributed by atoms with Gasteiger partial charge in [-0.05, 0) is 50.8 Å². The maximum atomic E-state index is 12.7. The van der Waals surface area contributed by atoms with Gasteiger partial charge in [0.15, 0.2) is 5.96 Å². The molecule has 0 radical (unpaired) electrons. The minimum Gasteiger partial charge on any atom is -0.357 e. The zero-order valence-corrected chi connectivity index (χ0v) is 21.2. The molecule has 1 amide bonds. The Morgan fingerprint density at radius 1 is 1.13 bits per heavy atom. The molecule has 0 spiro atoms. The number of rotatable bonds is 6. The Labute approximate surface area is 203 Å². The highest BCUT2D eigenvalue weighted by atomic mass is 127. The van der Waals surface area contributed by atoms with Gasteiger partial charge in [0.2, 0.25) is 5.91 Å². The maximum Gasteiger partial charge on any atom is 0.239 e. The van der Waals surface area contributed by atoms with Crippen molar-refractivity contribution in [3.8, 4) is 0 Å². The zero-order valence-electron chi connectivity index (χ0n) is 18.1. The molecule has 8 heteroatoms. The predicted molar refractivity (Wildman–Crippen MR) is 135 cm³/mol. The molecular formula is C22H35ClIN5O. The molecule has 1 aromatic carbocycles. The summed E-state index contributed by atoms with van der Waals surface area (Å²) < 4.78 is 0. The van der Waals surface area contributed by atoms with E-state index in [1.807, 2.05) is 23.1 Å². The molecule has 3 rings (SSSR count). The van der Waals surface area contributed by atoms with Crippen molar-refractivity contribution < 1.29 is 4.79 Å². The fourth-order valence-electron chi connectivity index (χ4n) is 4.09. The van der Waals surface area contributed by atoms with E-state index >= 15 is 0 Å². The van der Waals surface area contributed by atoms with Crippen molar-refractivity contribution in [1.29, 1.82) is 0 Å². The summed E-state index contributed by atoms with van der Waals surface area (Å²) in [5.74, 6) is 1.26. The number of halogens is 2. The summed E-state index contributed by atoms with van der Waals surface area (Å²) in [6.45, 7) is 11.1. The van der Waals surface area contributed by atoms with Crippen LogP contribution in [-0.2, 0) is 11.2 Å². The standard InChI is InChI=1S/C22H34ClN5O.HI/c1-3-24-22(25-10-9-19-7-6-8-20(23)17-19)28-15-13-26(14-16-28)18(2)21(29)27-11-4-5-12-27;/h6-8,17-18H,3-5,9-16H2,1-2H3,(H,24,25);1H. The summed E-state index contributed by atoms with van der Waals surface area (Å²) in [4.78, 5) is 24.2. The van der Waals surface area contributed by atoms with Gasteiger partial charge in [-0.1, -0.05) is 23.7 Å². The van der Waals surface area contributed by atoms with Crippen LogP contribution in [0.1, 0.15) is 32.3 Å². The molecule has 1 unspecified atom stereocenters. The van der Waals surface area contributed by atoms with Gasteiger partial charge in [-0.15, -0.1) is 24.0 Å². The summed E-state index contributed by atoms with van der Waals surface area (Å²) in [6, 6.07) is 7.94. The Kier molecular flexibility index (Phi) is 10.7. The van der Waals surface area contributed by atoms with E-state index in [0.29, 0.717) is 0 Å². The number of guanidine groups is 1. The van der Waals surface area contributed by atoms with E-state index in [1.54, 1.807) is 0 Å². The second kappa shape index (κ2) is 12.7. The van der Waals surface area contributed by atoms with Gasteiger partial charge < -0.3 is 15.1 Å². The molecule has 168 valence electrons. The molecule has 2 fully saturated rings. The fourth-order valence-corrected chi connectivity index (χ4v) is 4.30. The first kappa shape index (κ1) is 25.2. The molecule has 2 aliphatic heterocycles. The summed E-state index contributed by atoms with van der Waals surface area (Å²) >= 11 is 6.07. The first-order chi connectivity index (χ1) is 14.1. The monoisotopic (exact) mass is 547 g/mol. The van der Waals surface area contributed by atoms with Crippen molar-refractivity contribution >= 4 is 47.4 Å². The normalized spacial score (nSPS) is 18.8. The molecule has 0 bridgehead atoms. The molecule has 30 heavy (non-hydrogen) atoms. The minimum atomic E-state index is -0.0300. The third-order valence-corrected chi connectivity index (χ3v) is 6.06. The number of nitrogens with one attached hydrogen (secondary N) is 1. The minimum absolute atomic E-state index is 0. The van der Waals surface area contributed by atoms with E-state index in [4.69, 9.17) is 16.6 Å². The molecule has 0 aromatic heterocycles. The topological polar surface area (TPSA) is 51.2 Å². The number of carbonyl (C=O) groups excluding carboxylic acids is 1. The van der Waals surface area contributed by atoms with E-state index < -0.39 is 0 Å². The smallest absolute Gasteiger partial charge is 0.239 e. The lowest BCUT2D eigenvalue weighted by molar-refractivity contribution is -0.135. The van der Waals surface area contributed by atoms with Gasteiger partial charge in [0, 0.05) is 57.4 Å². The number of hydrogen-bond acceptors (Lipinski definition) is 3. The second-order valence-corrected chi connectivity index (χ2v) is 8.28. The molecule has 2 aliphatic rings. The lowest BCUT2D eigenvalue weighted by Crippen LogP contribution is -2.57. The van der Waals surface area contributed by atoms with Crippen LogP contribution in [-0.4, -0.2) is 85.0 Å². The van der Waals surface area contributed by atoms with Crippen molar-refractivity contribution in [2.75, 3.05) is 52.4 Å². The van der Waals surface area contributed by atoms with Crippen LogP contribution in [0.5, 0.6) is 0 Å². The number of benzene rings is 1. The van der Waals surface area contributed by atoms with Crippen LogP contribution in [0.25, 0.3) is 0 Å². The lowest BCUT2D eigenvalue weighted by atomic mass is 10.1. The van der Waals surface area contributed by atoms with E-state index in [0.717, 1.165) is 82.6 Å². The molecule has 2 saturated heterocycles. The van der Waals surface area contributed by atoms with Crippen molar-refractivity contribution in [3.63, 3.8) is 0 Å². The maximum absolute atomic E-state index is 12.7. The number of aliphatic imine (C=N–C) groups is 1. The summed E-state index contributed by atoms with van der Waals surface area (Å²) in [5.41, 5.74) is 1.20. The van der Waals surface area contributed by atoms with E-state index in [1.165, 1.54) is 5.56 Å². The highest BCUT2D eigenvalue weighted by Crippen LogP contribution is 2.14. The van der Waals surface area contributed by atoms with Gasteiger partial charge >= 0.3 is 0 Å². The van der Waals surface area contributed by atoms with E-state index in [9.17, 15) is 4.79 Å². The van der Waals surface area contributed by atoms with Gasteiger partial charge in [-0.25, -0.2) is 0 Å². The zero-order chi connectivity index (χ0) is 20.6. The van der Waals surface area contributed by atoms with Gasteiger partial charge in [0.05, 0.1) is 6.04 Å². The summed E-state index contributed by atoms with van der Waals surface area (Å²) in [7, 11) is 0. The third kappa shape index (κ3) is 6.99. The second-order valence-electron chi connectivity index (χ2n) is 7.85. The molecule has 0 saturated carbocycles. The SMILES string of the molecule is CCNC(=NCCc1cccc(Cl)c1)N1CCN(C(C)C(=O)N2CCCC2)CC1.I. The number of amides is 1. The highest BCUT2D eigenvalue weighted by molar-refractivity contribution is 14.0. The van der Waals surface area contributed by atoms with Gasteiger partial charge in [0.25, 0.3) is 0 Å². The van der Waals surface area contributed by atoms with Gasteiger partial charge in [-0.3, -0.25) is 14.7 Å². The number of carbonyl (C=O) groups is 1.